The van der Waals surface area contributed by atoms with Crippen molar-refractivity contribution in [2.75, 3.05) is 11.9 Å². The molecule has 1 atom stereocenters. The second kappa shape index (κ2) is 4.19. The zero-order valence-electron chi connectivity index (χ0n) is 9.18. The smallest absolute Gasteiger partial charge is 0.125 e. The van der Waals surface area contributed by atoms with Crippen molar-refractivity contribution in [3.8, 4) is 0 Å². The zero-order valence-corrected chi connectivity index (χ0v) is 9.18. The number of benzene rings is 1. The van der Waals surface area contributed by atoms with E-state index in [0.29, 0.717) is 12.1 Å². The average Bonchev–Trinajstić information content (AvgIpc) is 2.17. The van der Waals surface area contributed by atoms with Crippen molar-refractivity contribution < 1.29 is 4.39 Å². The lowest BCUT2D eigenvalue weighted by Gasteiger charge is -2.28. The molecule has 1 unspecified atom stereocenters. The van der Waals surface area contributed by atoms with Crippen molar-refractivity contribution in [2.45, 2.75) is 32.4 Å². The molecule has 0 aliphatic carbocycles. The molecular formula is C12H17FN2. The molecule has 0 bridgehead atoms. The van der Waals surface area contributed by atoms with Crippen LogP contribution in [0.2, 0.25) is 0 Å². The lowest BCUT2D eigenvalue weighted by Crippen LogP contribution is -2.43. The minimum Gasteiger partial charge on any atom is -0.383 e. The summed E-state index contributed by atoms with van der Waals surface area (Å²) in [6, 6.07) is 5.90. The van der Waals surface area contributed by atoms with E-state index in [-0.39, 0.29) is 5.82 Å². The van der Waals surface area contributed by atoms with Gasteiger partial charge in [0, 0.05) is 24.3 Å². The summed E-state index contributed by atoms with van der Waals surface area (Å²) in [7, 11) is 0. The fourth-order valence-electron chi connectivity index (χ4n) is 2.05. The number of rotatable bonds is 2. The Morgan fingerprint density at radius 1 is 1.47 bits per heavy atom. The number of hydrogen-bond donors (Lipinski definition) is 2. The molecule has 0 spiro atoms. The number of hydrogen-bond acceptors (Lipinski definition) is 2. The maximum Gasteiger partial charge on any atom is 0.125 e. The Labute approximate surface area is 89.9 Å². The standard InChI is InChI=1S/C12H17FN2/c1-8(2)15-11-5-9-3-4-10(13)6-12(9)14-7-11/h3-4,6,8,11,14-15H,5,7H2,1-2H3. The fourth-order valence-corrected chi connectivity index (χ4v) is 2.05. The van der Waals surface area contributed by atoms with Crippen LogP contribution < -0.4 is 10.6 Å². The molecule has 2 nitrogen and oxygen atoms in total. The van der Waals surface area contributed by atoms with Gasteiger partial charge in [-0.05, 0) is 24.1 Å². The molecule has 1 heterocycles. The van der Waals surface area contributed by atoms with Crippen LogP contribution in [0.5, 0.6) is 0 Å². The van der Waals surface area contributed by atoms with Crippen LogP contribution in [0.25, 0.3) is 0 Å². The molecule has 1 aromatic rings. The van der Waals surface area contributed by atoms with Gasteiger partial charge in [0.2, 0.25) is 0 Å². The average molecular weight is 208 g/mol. The van der Waals surface area contributed by atoms with E-state index < -0.39 is 0 Å². The van der Waals surface area contributed by atoms with Gasteiger partial charge in [-0.2, -0.15) is 0 Å². The SMILES string of the molecule is CC(C)NC1CNc2cc(F)ccc2C1. The highest BCUT2D eigenvalue weighted by molar-refractivity contribution is 5.53. The van der Waals surface area contributed by atoms with Gasteiger partial charge in [-0.15, -0.1) is 0 Å². The quantitative estimate of drug-likeness (QED) is 0.778. The van der Waals surface area contributed by atoms with Crippen LogP contribution in [0.3, 0.4) is 0 Å². The largest absolute Gasteiger partial charge is 0.383 e. The summed E-state index contributed by atoms with van der Waals surface area (Å²) in [5.41, 5.74) is 2.14. The predicted molar refractivity (Wildman–Crippen MR) is 60.7 cm³/mol. The highest BCUT2D eigenvalue weighted by atomic mass is 19.1. The summed E-state index contributed by atoms with van der Waals surface area (Å²) in [5, 5.41) is 6.74. The van der Waals surface area contributed by atoms with Crippen molar-refractivity contribution in [1.82, 2.24) is 5.32 Å². The van der Waals surface area contributed by atoms with Gasteiger partial charge in [0.25, 0.3) is 0 Å². The van der Waals surface area contributed by atoms with Gasteiger partial charge in [-0.25, -0.2) is 4.39 Å². The molecule has 1 aliphatic rings. The van der Waals surface area contributed by atoms with E-state index in [2.05, 4.69) is 24.5 Å². The van der Waals surface area contributed by atoms with Crippen molar-refractivity contribution >= 4 is 5.69 Å². The van der Waals surface area contributed by atoms with E-state index in [0.717, 1.165) is 18.7 Å². The van der Waals surface area contributed by atoms with Crippen molar-refractivity contribution in [1.29, 1.82) is 0 Å². The number of anilines is 1. The van der Waals surface area contributed by atoms with Crippen molar-refractivity contribution in [2.24, 2.45) is 0 Å². The Hall–Kier alpha value is -1.09. The van der Waals surface area contributed by atoms with Gasteiger partial charge in [0.15, 0.2) is 0 Å². The Morgan fingerprint density at radius 2 is 2.27 bits per heavy atom. The number of nitrogens with one attached hydrogen (secondary N) is 2. The van der Waals surface area contributed by atoms with Gasteiger partial charge >= 0.3 is 0 Å². The first-order valence-corrected chi connectivity index (χ1v) is 5.43. The maximum absolute atomic E-state index is 12.9. The topological polar surface area (TPSA) is 24.1 Å². The van der Waals surface area contributed by atoms with E-state index in [1.165, 1.54) is 11.6 Å². The summed E-state index contributed by atoms with van der Waals surface area (Å²) in [4.78, 5) is 0. The van der Waals surface area contributed by atoms with E-state index in [4.69, 9.17) is 0 Å². The van der Waals surface area contributed by atoms with Crippen LogP contribution >= 0.6 is 0 Å². The third-order valence-electron chi connectivity index (χ3n) is 2.65. The first-order chi connectivity index (χ1) is 7.15. The van der Waals surface area contributed by atoms with Crippen molar-refractivity contribution in [3.05, 3.63) is 29.6 Å². The lowest BCUT2D eigenvalue weighted by molar-refractivity contribution is 0.467. The minimum atomic E-state index is -0.170. The van der Waals surface area contributed by atoms with Crippen LogP contribution in [0, 0.1) is 5.82 Å². The third-order valence-corrected chi connectivity index (χ3v) is 2.65. The summed E-state index contributed by atoms with van der Waals surface area (Å²) in [6.45, 7) is 5.15. The Bertz CT molecular complexity index is 349. The lowest BCUT2D eigenvalue weighted by atomic mass is 9.99. The van der Waals surface area contributed by atoms with Gasteiger partial charge in [-0.3, -0.25) is 0 Å². The van der Waals surface area contributed by atoms with Crippen LogP contribution in [0.1, 0.15) is 19.4 Å². The monoisotopic (exact) mass is 208 g/mol. The molecule has 1 aliphatic heterocycles. The van der Waals surface area contributed by atoms with E-state index in [1.807, 2.05) is 6.07 Å². The molecule has 2 N–H and O–H groups in total. The highest BCUT2D eigenvalue weighted by Crippen LogP contribution is 2.22. The van der Waals surface area contributed by atoms with Gasteiger partial charge in [-0.1, -0.05) is 19.9 Å². The molecule has 2 rings (SSSR count). The first kappa shape index (κ1) is 10.4. The summed E-state index contributed by atoms with van der Waals surface area (Å²) in [5.74, 6) is -0.170. The van der Waals surface area contributed by atoms with Crippen LogP contribution in [0.15, 0.2) is 18.2 Å². The Kier molecular flexibility index (Phi) is 2.91. The van der Waals surface area contributed by atoms with Gasteiger partial charge < -0.3 is 10.6 Å². The van der Waals surface area contributed by atoms with Crippen LogP contribution in [0.4, 0.5) is 10.1 Å². The summed E-state index contributed by atoms with van der Waals surface area (Å²) < 4.78 is 12.9. The molecule has 3 heteroatoms. The van der Waals surface area contributed by atoms with Crippen LogP contribution in [-0.4, -0.2) is 18.6 Å². The summed E-state index contributed by atoms with van der Waals surface area (Å²) in [6.07, 6.45) is 0.973. The molecule has 0 aromatic heterocycles. The van der Waals surface area contributed by atoms with Gasteiger partial charge in [0.1, 0.15) is 5.82 Å². The van der Waals surface area contributed by atoms with Gasteiger partial charge in [0.05, 0.1) is 0 Å². The molecular weight excluding hydrogens is 191 g/mol. The molecule has 0 saturated carbocycles. The maximum atomic E-state index is 12.9. The fraction of sp³-hybridized carbons (Fsp3) is 0.500. The van der Waals surface area contributed by atoms with E-state index >= 15 is 0 Å². The number of fused-ring (bicyclic) bond motifs is 1. The predicted octanol–water partition coefficient (Wildman–Crippen LogP) is 2.16. The van der Waals surface area contributed by atoms with Crippen molar-refractivity contribution in [3.63, 3.8) is 0 Å². The molecule has 82 valence electrons. The Morgan fingerprint density at radius 3 is 3.00 bits per heavy atom. The van der Waals surface area contributed by atoms with Crippen LogP contribution in [-0.2, 0) is 6.42 Å². The van der Waals surface area contributed by atoms with E-state index in [1.54, 1.807) is 6.07 Å². The third kappa shape index (κ3) is 2.48. The number of halogens is 1. The molecule has 0 saturated heterocycles. The Balaban J connectivity index is 2.10. The zero-order chi connectivity index (χ0) is 10.8. The summed E-state index contributed by atoms with van der Waals surface area (Å²) >= 11 is 0. The second-order valence-corrected chi connectivity index (χ2v) is 4.40. The molecule has 0 fully saturated rings. The molecule has 0 amide bonds. The first-order valence-electron chi connectivity index (χ1n) is 5.43. The van der Waals surface area contributed by atoms with E-state index in [9.17, 15) is 4.39 Å². The normalized spacial score (nSPS) is 19.9. The second-order valence-electron chi connectivity index (χ2n) is 4.40. The molecule has 15 heavy (non-hydrogen) atoms. The minimum absolute atomic E-state index is 0.170. The molecule has 0 radical (unpaired) electrons. The molecule has 1 aromatic carbocycles. The highest BCUT2D eigenvalue weighted by Gasteiger charge is 2.18.